The van der Waals surface area contributed by atoms with E-state index in [1.54, 1.807) is 0 Å². The Balaban J connectivity index is 1.68. The Morgan fingerprint density at radius 2 is 2.00 bits per heavy atom. The smallest absolute Gasteiger partial charge is 0.119 e. The number of hydrogen-bond donors (Lipinski definition) is 1. The first-order valence-electron chi connectivity index (χ1n) is 7.18. The summed E-state index contributed by atoms with van der Waals surface area (Å²) in [6.07, 6.45) is 6.02. The number of hydrogen-bond acceptors (Lipinski definition) is 3. The minimum absolute atomic E-state index is 0.780. The summed E-state index contributed by atoms with van der Waals surface area (Å²) in [5.74, 6) is 0.950. The van der Waals surface area contributed by atoms with Crippen molar-refractivity contribution in [3.8, 4) is 5.75 Å². The number of nitrogens with one attached hydrogen (secondary N) is 1. The van der Waals surface area contributed by atoms with Gasteiger partial charge in [-0.15, -0.1) is 0 Å². The van der Waals surface area contributed by atoms with Gasteiger partial charge in [-0.3, -0.25) is 4.68 Å². The van der Waals surface area contributed by atoms with E-state index in [2.05, 4.69) is 35.7 Å². The van der Waals surface area contributed by atoms with E-state index in [9.17, 15) is 0 Å². The predicted molar refractivity (Wildman–Crippen MR) is 80.8 cm³/mol. The topological polar surface area (TPSA) is 39.1 Å². The van der Waals surface area contributed by atoms with Gasteiger partial charge in [-0.25, -0.2) is 0 Å². The quantitative estimate of drug-likeness (QED) is 0.751. The van der Waals surface area contributed by atoms with Gasteiger partial charge >= 0.3 is 0 Å². The fourth-order valence-electron chi connectivity index (χ4n) is 1.99. The van der Waals surface area contributed by atoms with Gasteiger partial charge in [-0.1, -0.05) is 19.1 Å². The van der Waals surface area contributed by atoms with Crippen molar-refractivity contribution in [2.24, 2.45) is 7.05 Å². The number of aromatic nitrogens is 2. The van der Waals surface area contributed by atoms with Gasteiger partial charge in [0.2, 0.25) is 0 Å². The molecule has 1 aromatic heterocycles. The Bertz CT molecular complexity index is 505. The van der Waals surface area contributed by atoms with Gasteiger partial charge in [0.15, 0.2) is 0 Å². The van der Waals surface area contributed by atoms with Crippen LogP contribution in [0.25, 0.3) is 0 Å². The van der Waals surface area contributed by atoms with Crippen molar-refractivity contribution in [3.05, 3.63) is 47.8 Å². The van der Waals surface area contributed by atoms with Crippen LogP contribution >= 0.6 is 0 Å². The summed E-state index contributed by atoms with van der Waals surface area (Å²) in [6.45, 7) is 4.73. The van der Waals surface area contributed by atoms with Crippen LogP contribution in [0.5, 0.6) is 5.75 Å². The van der Waals surface area contributed by atoms with Crippen molar-refractivity contribution < 1.29 is 4.74 Å². The standard InChI is InChI=1S/C16H23N3O/c1-3-10-20-16-6-4-14(5-7-16)11-17-9-8-15-12-18-19(2)13-15/h4-7,12-13,17H,3,8-11H2,1-2H3. The Morgan fingerprint density at radius 1 is 1.20 bits per heavy atom. The molecule has 0 fully saturated rings. The maximum Gasteiger partial charge on any atom is 0.119 e. The molecule has 0 atom stereocenters. The molecule has 2 aromatic rings. The third-order valence-electron chi connectivity index (χ3n) is 3.07. The molecule has 4 nitrogen and oxygen atoms in total. The zero-order valence-corrected chi connectivity index (χ0v) is 12.3. The van der Waals surface area contributed by atoms with Gasteiger partial charge in [-0.2, -0.15) is 5.10 Å². The number of aryl methyl sites for hydroxylation is 1. The summed E-state index contributed by atoms with van der Waals surface area (Å²) in [4.78, 5) is 0. The number of ether oxygens (including phenoxy) is 1. The highest BCUT2D eigenvalue weighted by Gasteiger charge is 1.97. The number of rotatable bonds is 8. The normalized spacial score (nSPS) is 10.7. The first-order chi connectivity index (χ1) is 9.78. The zero-order chi connectivity index (χ0) is 14.2. The summed E-state index contributed by atoms with van der Waals surface area (Å²) >= 11 is 0. The molecular formula is C16H23N3O. The summed E-state index contributed by atoms with van der Waals surface area (Å²) in [6, 6.07) is 8.30. The maximum atomic E-state index is 5.57. The van der Waals surface area contributed by atoms with Crippen molar-refractivity contribution in [2.75, 3.05) is 13.2 Å². The average molecular weight is 273 g/mol. The van der Waals surface area contributed by atoms with Crippen LogP contribution in [0.1, 0.15) is 24.5 Å². The van der Waals surface area contributed by atoms with Gasteiger partial charge in [-0.05, 0) is 42.6 Å². The Kier molecular flexibility index (Phi) is 5.62. The lowest BCUT2D eigenvalue weighted by Crippen LogP contribution is -2.16. The Hall–Kier alpha value is -1.81. The van der Waals surface area contributed by atoms with Crippen molar-refractivity contribution in [1.29, 1.82) is 0 Å². The Labute approximate surface area is 120 Å². The van der Waals surface area contributed by atoms with E-state index in [1.807, 2.05) is 30.1 Å². The number of benzene rings is 1. The zero-order valence-electron chi connectivity index (χ0n) is 12.3. The second kappa shape index (κ2) is 7.70. The molecule has 0 amide bonds. The molecule has 108 valence electrons. The molecule has 4 heteroatoms. The maximum absolute atomic E-state index is 5.57. The van der Waals surface area contributed by atoms with Gasteiger partial charge in [0, 0.05) is 19.8 Å². The largest absolute Gasteiger partial charge is 0.494 e. The van der Waals surface area contributed by atoms with Crippen LogP contribution in [-0.2, 0) is 20.0 Å². The summed E-state index contributed by atoms with van der Waals surface area (Å²) < 4.78 is 7.40. The highest BCUT2D eigenvalue weighted by molar-refractivity contribution is 5.27. The molecule has 0 saturated carbocycles. The Morgan fingerprint density at radius 3 is 2.65 bits per heavy atom. The minimum Gasteiger partial charge on any atom is -0.494 e. The number of nitrogens with zero attached hydrogens (tertiary/aromatic N) is 2. The van der Waals surface area contributed by atoms with Gasteiger partial charge < -0.3 is 10.1 Å². The summed E-state index contributed by atoms with van der Waals surface area (Å²) in [5, 5.41) is 7.61. The van der Waals surface area contributed by atoms with Crippen LogP contribution < -0.4 is 10.1 Å². The van der Waals surface area contributed by atoms with E-state index in [0.717, 1.165) is 38.3 Å². The summed E-state index contributed by atoms with van der Waals surface area (Å²) in [5.41, 5.74) is 2.54. The van der Waals surface area contributed by atoms with Crippen molar-refractivity contribution in [3.63, 3.8) is 0 Å². The first kappa shape index (κ1) is 14.6. The highest BCUT2D eigenvalue weighted by Crippen LogP contribution is 2.12. The molecule has 2 rings (SSSR count). The van der Waals surface area contributed by atoms with E-state index in [4.69, 9.17) is 4.74 Å². The lowest BCUT2D eigenvalue weighted by atomic mass is 10.2. The first-order valence-corrected chi connectivity index (χ1v) is 7.18. The molecule has 0 unspecified atom stereocenters. The van der Waals surface area contributed by atoms with E-state index >= 15 is 0 Å². The fraction of sp³-hybridized carbons (Fsp3) is 0.438. The van der Waals surface area contributed by atoms with Crippen LogP contribution in [0.15, 0.2) is 36.7 Å². The van der Waals surface area contributed by atoms with Crippen LogP contribution in [0.2, 0.25) is 0 Å². The fourth-order valence-corrected chi connectivity index (χ4v) is 1.99. The van der Waals surface area contributed by atoms with Gasteiger partial charge in [0.05, 0.1) is 12.8 Å². The molecule has 1 aromatic carbocycles. The SMILES string of the molecule is CCCOc1ccc(CNCCc2cnn(C)c2)cc1. The second-order valence-corrected chi connectivity index (χ2v) is 4.94. The van der Waals surface area contributed by atoms with E-state index < -0.39 is 0 Å². The van der Waals surface area contributed by atoms with Gasteiger partial charge in [0.25, 0.3) is 0 Å². The molecule has 20 heavy (non-hydrogen) atoms. The van der Waals surface area contributed by atoms with Crippen LogP contribution in [-0.4, -0.2) is 22.9 Å². The molecule has 0 radical (unpaired) electrons. The van der Waals surface area contributed by atoms with Crippen LogP contribution in [0.4, 0.5) is 0 Å². The third-order valence-corrected chi connectivity index (χ3v) is 3.07. The lowest BCUT2D eigenvalue weighted by Gasteiger charge is -2.07. The van der Waals surface area contributed by atoms with E-state index in [1.165, 1.54) is 11.1 Å². The van der Waals surface area contributed by atoms with E-state index in [0.29, 0.717) is 0 Å². The van der Waals surface area contributed by atoms with Crippen molar-refractivity contribution >= 4 is 0 Å². The molecule has 0 bridgehead atoms. The molecular weight excluding hydrogens is 250 g/mol. The summed E-state index contributed by atoms with van der Waals surface area (Å²) in [7, 11) is 1.94. The molecule has 0 saturated heterocycles. The highest BCUT2D eigenvalue weighted by atomic mass is 16.5. The van der Waals surface area contributed by atoms with Crippen LogP contribution in [0.3, 0.4) is 0 Å². The average Bonchev–Trinajstić information content (AvgIpc) is 2.88. The van der Waals surface area contributed by atoms with Crippen molar-refractivity contribution in [2.45, 2.75) is 26.3 Å². The minimum atomic E-state index is 0.780. The van der Waals surface area contributed by atoms with Gasteiger partial charge in [0.1, 0.15) is 5.75 Å². The third kappa shape index (κ3) is 4.70. The van der Waals surface area contributed by atoms with Crippen LogP contribution in [0, 0.1) is 0 Å². The molecule has 0 spiro atoms. The molecule has 1 heterocycles. The molecule has 0 aliphatic carbocycles. The molecule has 0 aliphatic heterocycles. The van der Waals surface area contributed by atoms with Crippen molar-refractivity contribution in [1.82, 2.24) is 15.1 Å². The second-order valence-electron chi connectivity index (χ2n) is 4.94. The molecule has 1 N–H and O–H groups in total. The lowest BCUT2D eigenvalue weighted by molar-refractivity contribution is 0.317. The monoisotopic (exact) mass is 273 g/mol. The predicted octanol–water partition coefficient (Wildman–Crippen LogP) is 2.54. The molecule has 0 aliphatic rings. The van der Waals surface area contributed by atoms with E-state index in [-0.39, 0.29) is 0 Å².